The van der Waals surface area contributed by atoms with Crippen molar-refractivity contribution in [3.63, 3.8) is 0 Å². The van der Waals surface area contributed by atoms with Crippen LogP contribution in [0.4, 0.5) is 10.1 Å². The van der Waals surface area contributed by atoms with Crippen LogP contribution in [0, 0.1) is 5.82 Å². The van der Waals surface area contributed by atoms with Crippen LogP contribution >= 0.6 is 23.2 Å². The van der Waals surface area contributed by atoms with Gasteiger partial charge >= 0.3 is 0 Å². The van der Waals surface area contributed by atoms with Crippen LogP contribution in [-0.2, 0) is 26.2 Å². The van der Waals surface area contributed by atoms with Crippen LogP contribution in [0.1, 0.15) is 51.5 Å². The van der Waals surface area contributed by atoms with Crippen molar-refractivity contribution in [3.05, 3.63) is 88.2 Å². The lowest BCUT2D eigenvalue weighted by atomic mass is 9.95. The molecule has 236 valence electrons. The first-order valence-electron chi connectivity index (χ1n) is 14.5. The first-order chi connectivity index (χ1) is 21.0. The molecule has 1 atom stereocenters. The number of nitrogens with zero attached hydrogens (tertiary/aromatic N) is 2. The van der Waals surface area contributed by atoms with Gasteiger partial charge in [0.15, 0.2) is 0 Å². The van der Waals surface area contributed by atoms with Gasteiger partial charge in [-0.2, -0.15) is 0 Å². The predicted molar refractivity (Wildman–Crippen MR) is 170 cm³/mol. The third-order valence-corrected chi connectivity index (χ3v) is 10.1. The third-order valence-electron chi connectivity index (χ3n) is 7.57. The molecule has 1 saturated carbocycles. The Kier molecular flexibility index (Phi) is 11.5. The Bertz CT molecular complexity index is 1550. The maximum absolute atomic E-state index is 14.1. The number of sulfonamides is 1. The van der Waals surface area contributed by atoms with E-state index in [0.29, 0.717) is 22.9 Å². The largest absolute Gasteiger partial charge is 0.494 e. The van der Waals surface area contributed by atoms with Gasteiger partial charge in [-0.25, -0.2) is 12.8 Å². The zero-order valence-electron chi connectivity index (χ0n) is 24.6. The van der Waals surface area contributed by atoms with E-state index in [1.54, 1.807) is 37.3 Å². The minimum atomic E-state index is -4.34. The molecule has 0 aromatic heterocycles. The second-order valence-electron chi connectivity index (χ2n) is 10.7. The number of halogens is 3. The average Bonchev–Trinajstić information content (AvgIpc) is 3.01. The van der Waals surface area contributed by atoms with Crippen LogP contribution < -0.4 is 14.4 Å². The second-order valence-corrected chi connectivity index (χ2v) is 13.4. The van der Waals surface area contributed by atoms with Gasteiger partial charge in [-0.15, -0.1) is 0 Å². The van der Waals surface area contributed by atoms with Crippen LogP contribution in [0.15, 0.2) is 71.6 Å². The molecular formula is C32H36Cl2FN3O5S. The van der Waals surface area contributed by atoms with E-state index in [-0.39, 0.29) is 34.1 Å². The van der Waals surface area contributed by atoms with Crippen molar-refractivity contribution in [1.29, 1.82) is 0 Å². The molecule has 0 bridgehead atoms. The summed E-state index contributed by atoms with van der Waals surface area (Å²) < 4.78 is 48.0. The highest BCUT2D eigenvalue weighted by atomic mass is 35.5. The number of nitrogens with one attached hydrogen (secondary N) is 1. The van der Waals surface area contributed by atoms with E-state index in [2.05, 4.69) is 5.32 Å². The minimum Gasteiger partial charge on any atom is -0.494 e. The SMILES string of the molecule is CCOc1ccc(N(CC(=O)N(Cc2ccc(Cl)c(Cl)c2)C(C)C(=O)NC2CCCCC2)S(=O)(=O)c2ccc(F)cc2)cc1. The lowest BCUT2D eigenvalue weighted by Crippen LogP contribution is -2.53. The fourth-order valence-corrected chi connectivity index (χ4v) is 6.86. The zero-order chi connectivity index (χ0) is 31.9. The maximum Gasteiger partial charge on any atom is 0.264 e. The maximum atomic E-state index is 14.1. The van der Waals surface area contributed by atoms with Crippen molar-refractivity contribution in [2.45, 2.75) is 69.5 Å². The Balaban J connectivity index is 1.69. The molecule has 1 unspecified atom stereocenters. The third kappa shape index (κ3) is 8.43. The van der Waals surface area contributed by atoms with E-state index in [1.807, 2.05) is 6.92 Å². The van der Waals surface area contributed by atoms with Gasteiger partial charge < -0.3 is 15.0 Å². The smallest absolute Gasteiger partial charge is 0.264 e. The van der Waals surface area contributed by atoms with E-state index in [9.17, 15) is 22.4 Å². The minimum absolute atomic E-state index is 0.0137. The molecule has 1 aliphatic rings. The summed E-state index contributed by atoms with van der Waals surface area (Å²) in [6.07, 6.45) is 4.88. The predicted octanol–water partition coefficient (Wildman–Crippen LogP) is 6.59. The molecule has 1 fully saturated rings. The number of hydrogen-bond acceptors (Lipinski definition) is 5. The Hall–Kier alpha value is -3.34. The van der Waals surface area contributed by atoms with Crippen LogP contribution in [0.25, 0.3) is 0 Å². The number of rotatable bonds is 12. The fourth-order valence-electron chi connectivity index (χ4n) is 5.12. The van der Waals surface area contributed by atoms with Crippen molar-refractivity contribution in [3.8, 4) is 5.75 Å². The van der Waals surface area contributed by atoms with Crippen molar-refractivity contribution >= 4 is 50.7 Å². The Morgan fingerprint density at radius 2 is 1.64 bits per heavy atom. The lowest BCUT2D eigenvalue weighted by molar-refractivity contribution is -0.139. The van der Waals surface area contributed by atoms with Crippen molar-refractivity contribution < 1.29 is 27.1 Å². The van der Waals surface area contributed by atoms with Gasteiger partial charge in [0.05, 0.1) is 27.2 Å². The molecule has 0 radical (unpaired) electrons. The normalized spacial score (nSPS) is 14.5. The summed E-state index contributed by atoms with van der Waals surface area (Å²) in [5.41, 5.74) is 0.805. The number of carbonyl (C=O) groups is 2. The molecule has 44 heavy (non-hydrogen) atoms. The van der Waals surface area contributed by atoms with Gasteiger partial charge in [-0.05, 0) is 92.9 Å². The summed E-state index contributed by atoms with van der Waals surface area (Å²) in [4.78, 5) is 28.7. The van der Waals surface area contributed by atoms with E-state index < -0.39 is 34.3 Å². The number of anilines is 1. The second kappa shape index (κ2) is 15.1. The van der Waals surface area contributed by atoms with Crippen LogP contribution in [0.2, 0.25) is 10.0 Å². The summed E-state index contributed by atoms with van der Waals surface area (Å²) in [6, 6.07) is 14.6. The highest BCUT2D eigenvalue weighted by Crippen LogP contribution is 2.28. The Morgan fingerprint density at radius 3 is 2.25 bits per heavy atom. The number of carbonyl (C=O) groups excluding carboxylic acids is 2. The average molecular weight is 665 g/mol. The fraction of sp³-hybridized carbons (Fsp3) is 0.375. The molecule has 8 nitrogen and oxygen atoms in total. The lowest BCUT2D eigenvalue weighted by Gasteiger charge is -2.33. The van der Waals surface area contributed by atoms with Gasteiger partial charge in [0.2, 0.25) is 11.8 Å². The van der Waals surface area contributed by atoms with Crippen LogP contribution in [-0.4, -0.2) is 50.4 Å². The van der Waals surface area contributed by atoms with Crippen LogP contribution in [0.3, 0.4) is 0 Å². The molecular weight excluding hydrogens is 628 g/mol. The Morgan fingerprint density at radius 1 is 0.977 bits per heavy atom. The molecule has 0 heterocycles. The molecule has 1 N–H and O–H groups in total. The molecule has 12 heteroatoms. The molecule has 4 rings (SSSR count). The van der Waals surface area contributed by atoms with Gasteiger partial charge in [0.1, 0.15) is 24.2 Å². The summed E-state index contributed by atoms with van der Waals surface area (Å²) in [5.74, 6) is -1.03. The van der Waals surface area contributed by atoms with E-state index >= 15 is 0 Å². The van der Waals surface area contributed by atoms with Crippen molar-refractivity contribution in [2.75, 3.05) is 17.5 Å². The van der Waals surface area contributed by atoms with Gasteiger partial charge in [-0.1, -0.05) is 48.5 Å². The van der Waals surface area contributed by atoms with Gasteiger partial charge in [-0.3, -0.25) is 13.9 Å². The van der Waals surface area contributed by atoms with Crippen LogP contribution in [0.5, 0.6) is 5.75 Å². The van der Waals surface area contributed by atoms with Crippen molar-refractivity contribution in [1.82, 2.24) is 10.2 Å². The molecule has 3 aromatic carbocycles. The molecule has 0 aliphatic heterocycles. The summed E-state index contributed by atoms with van der Waals surface area (Å²) in [6.45, 7) is 3.20. The van der Waals surface area contributed by atoms with E-state index in [4.69, 9.17) is 27.9 Å². The number of benzene rings is 3. The summed E-state index contributed by atoms with van der Waals surface area (Å²) in [7, 11) is -4.34. The van der Waals surface area contributed by atoms with Crippen molar-refractivity contribution in [2.24, 2.45) is 0 Å². The zero-order valence-corrected chi connectivity index (χ0v) is 27.0. The molecule has 2 amide bonds. The number of hydrogen-bond donors (Lipinski definition) is 1. The standard InChI is InChI=1S/C32H36Cl2FN3O5S/c1-3-43-27-14-12-26(13-15-27)38(44(41,42)28-16-10-24(35)11-17-28)21-31(39)37(20-23-9-18-29(33)30(34)19-23)22(2)32(40)36-25-7-5-4-6-8-25/h9-19,22,25H,3-8,20-21H2,1-2H3,(H,36,40). The molecule has 0 saturated heterocycles. The molecule has 1 aliphatic carbocycles. The van der Waals surface area contributed by atoms with E-state index in [0.717, 1.165) is 60.7 Å². The summed E-state index contributed by atoms with van der Waals surface area (Å²) in [5, 5.41) is 3.68. The summed E-state index contributed by atoms with van der Waals surface area (Å²) >= 11 is 12.4. The molecule has 3 aromatic rings. The molecule has 0 spiro atoms. The highest BCUT2D eigenvalue weighted by Gasteiger charge is 2.33. The van der Waals surface area contributed by atoms with Gasteiger partial charge in [0, 0.05) is 12.6 Å². The quantitative estimate of drug-likeness (QED) is 0.236. The number of amides is 2. The van der Waals surface area contributed by atoms with Gasteiger partial charge in [0.25, 0.3) is 10.0 Å². The highest BCUT2D eigenvalue weighted by molar-refractivity contribution is 7.92. The first-order valence-corrected chi connectivity index (χ1v) is 16.7. The Labute approximate surface area is 268 Å². The van der Waals surface area contributed by atoms with E-state index in [1.165, 1.54) is 17.0 Å². The monoisotopic (exact) mass is 663 g/mol. The number of ether oxygens (including phenoxy) is 1. The first kappa shape index (κ1) is 33.6. The topological polar surface area (TPSA) is 96.0 Å².